The smallest absolute Gasteiger partial charge is 0.261 e. The van der Waals surface area contributed by atoms with Gasteiger partial charge in [-0.25, -0.2) is 0 Å². The Balaban J connectivity index is 1.54. The van der Waals surface area contributed by atoms with E-state index in [0.717, 1.165) is 25.7 Å². The maximum absolute atomic E-state index is 12.7. The number of carbonyl (C=O) groups is 3. The third-order valence-electron chi connectivity index (χ3n) is 5.37. The van der Waals surface area contributed by atoms with Crippen LogP contribution in [0.2, 0.25) is 0 Å². The number of nitrogens with zero attached hydrogens (tertiary/aromatic N) is 2. The van der Waals surface area contributed by atoms with Gasteiger partial charge in [0.2, 0.25) is 0 Å². The number of benzene rings is 1. The highest BCUT2D eigenvalue weighted by Gasteiger charge is 2.38. The number of imide groups is 1. The molecule has 2 unspecified atom stereocenters. The molecule has 0 radical (unpaired) electrons. The number of rotatable bonds is 3. The maximum Gasteiger partial charge on any atom is 0.261 e. The normalized spacial score (nSPS) is 25.7. The summed E-state index contributed by atoms with van der Waals surface area (Å²) in [6.07, 6.45) is 3.51. The highest BCUT2D eigenvalue weighted by molar-refractivity contribution is 6.22. The number of hydrogen-bond acceptors (Lipinski definition) is 5. The monoisotopic (exact) mass is 357 g/mol. The minimum Gasteiger partial charge on any atom is -0.376 e. The molecule has 7 heteroatoms. The number of piperidine rings is 1. The van der Waals surface area contributed by atoms with Crippen molar-refractivity contribution in [2.45, 2.75) is 37.8 Å². The molecule has 138 valence electrons. The Bertz CT molecular complexity index is 757. The van der Waals surface area contributed by atoms with Crippen molar-refractivity contribution in [2.75, 3.05) is 26.2 Å². The van der Waals surface area contributed by atoms with E-state index in [9.17, 15) is 14.4 Å². The highest BCUT2D eigenvalue weighted by atomic mass is 16.5. The van der Waals surface area contributed by atoms with Gasteiger partial charge in [0.05, 0.1) is 23.8 Å². The zero-order valence-electron chi connectivity index (χ0n) is 14.6. The minimum absolute atomic E-state index is 0.00719. The number of fused-ring (bicyclic) bond motifs is 1. The first kappa shape index (κ1) is 17.2. The van der Waals surface area contributed by atoms with Gasteiger partial charge in [0.1, 0.15) is 0 Å². The Labute approximate surface area is 152 Å². The molecule has 3 amide bonds. The van der Waals surface area contributed by atoms with E-state index in [1.807, 2.05) is 0 Å². The van der Waals surface area contributed by atoms with E-state index in [2.05, 4.69) is 0 Å². The molecule has 2 fully saturated rings. The van der Waals surface area contributed by atoms with Crippen molar-refractivity contribution in [3.63, 3.8) is 0 Å². The highest BCUT2D eigenvalue weighted by Crippen LogP contribution is 2.26. The van der Waals surface area contributed by atoms with E-state index < -0.39 is 0 Å². The van der Waals surface area contributed by atoms with Gasteiger partial charge in [-0.2, -0.15) is 0 Å². The first-order valence-electron chi connectivity index (χ1n) is 9.21. The number of ether oxygens (including phenoxy) is 1. The standard InChI is InChI=1S/C19H23N3O4/c20-13-3-1-7-21(10-13)17(23)12-5-6-15-16(9-12)19(25)22(18(15)24)11-14-4-2-8-26-14/h5-6,9,13-14H,1-4,7-8,10-11,20H2. The van der Waals surface area contributed by atoms with Crippen LogP contribution in [0.3, 0.4) is 0 Å². The van der Waals surface area contributed by atoms with Crippen LogP contribution in [0.1, 0.15) is 56.8 Å². The first-order chi connectivity index (χ1) is 12.5. The second-order valence-electron chi connectivity index (χ2n) is 7.27. The van der Waals surface area contributed by atoms with E-state index in [1.165, 1.54) is 4.90 Å². The molecule has 2 saturated heterocycles. The van der Waals surface area contributed by atoms with Gasteiger partial charge in [0.15, 0.2) is 0 Å². The van der Waals surface area contributed by atoms with Gasteiger partial charge in [0, 0.05) is 31.3 Å². The van der Waals surface area contributed by atoms with Gasteiger partial charge < -0.3 is 15.4 Å². The molecule has 2 N–H and O–H groups in total. The predicted octanol–water partition coefficient (Wildman–Crippen LogP) is 1.02. The quantitative estimate of drug-likeness (QED) is 0.816. The van der Waals surface area contributed by atoms with E-state index >= 15 is 0 Å². The lowest BCUT2D eigenvalue weighted by atomic mass is 10.0. The van der Waals surface area contributed by atoms with Gasteiger partial charge in [-0.05, 0) is 43.9 Å². The molecular formula is C19H23N3O4. The van der Waals surface area contributed by atoms with Crippen molar-refractivity contribution >= 4 is 17.7 Å². The van der Waals surface area contributed by atoms with Crippen LogP contribution in [0.4, 0.5) is 0 Å². The lowest BCUT2D eigenvalue weighted by Crippen LogP contribution is -2.45. The minimum atomic E-state index is -0.342. The van der Waals surface area contributed by atoms with Crippen LogP contribution < -0.4 is 5.73 Å². The van der Waals surface area contributed by atoms with Crippen LogP contribution in [0.15, 0.2) is 18.2 Å². The van der Waals surface area contributed by atoms with Gasteiger partial charge in [-0.3, -0.25) is 19.3 Å². The van der Waals surface area contributed by atoms with Gasteiger partial charge in [-0.15, -0.1) is 0 Å². The molecule has 0 aromatic heterocycles. The van der Waals surface area contributed by atoms with Crippen molar-refractivity contribution in [3.05, 3.63) is 34.9 Å². The van der Waals surface area contributed by atoms with Crippen molar-refractivity contribution in [1.29, 1.82) is 0 Å². The van der Waals surface area contributed by atoms with Gasteiger partial charge in [0.25, 0.3) is 17.7 Å². The molecule has 26 heavy (non-hydrogen) atoms. The van der Waals surface area contributed by atoms with E-state index in [4.69, 9.17) is 10.5 Å². The molecule has 0 spiro atoms. The number of likely N-dealkylation sites (tertiary alicyclic amines) is 1. The van der Waals surface area contributed by atoms with Crippen LogP contribution in [0.25, 0.3) is 0 Å². The summed E-state index contributed by atoms with van der Waals surface area (Å²) in [4.78, 5) is 41.0. The van der Waals surface area contributed by atoms with Gasteiger partial charge in [-0.1, -0.05) is 0 Å². The molecule has 3 aliphatic rings. The van der Waals surface area contributed by atoms with Crippen LogP contribution in [0, 0.1) is 0 Å². The first-order valence-corrected chi connectivity index (χ1v) is 9.21. The number of nitrogens with two attached hydrogens (primary N) is 1. The average molecular weight is 357 g/mol. The van der Waals surface area contributed by atoms with Crippen molar-refractivity contribution in [1.82, 2.24) is 9.80 Å². The van der Waals surface area contributed by atoms with Gasteiger partial charge >= 0.3 is 0 Å². The average Bonchev–Trinajstić information content (AvgIpc) is 3.24. The van der Waals surface area contributed by atoms with E-state index in [-0.39, 0.29) is 36.4 Å². The third kappa shape index (κ3) is 3.01. The summed E-state index contributed by atoms with van der Waals surface area (Å²) >= 11 is 0. The fourth-order valence-corrected chi connectivity index (χ4v) is 3.96. The number of amides is 3. The molecule has 0 bridgehead atoms. The molecule has 3 aliphatic heterocycles. The zero-order valence-corrected chi connectivity index (χ0v) is 14.6. The predicted molar refractivity (Wildman–Crippen MR) is 93.9 cm³/mol. The Hall–Kier alpha value is -2.25. The molecule has 0 saturated carbocycles. The van der Waals surface area contributed by atoms with Crippen molar-refractivity contribution in [2.24, 2.45) is 5.73 Å². The number of hydrogen-bond donors (Lipinski definition) is 1. The summed E-state index contributed by atoms with van der Waals surface area (Å²) in [7, 11) is 0. The second-order valence-corrected chi connectivity index (χ2v) is 7.27. The lowest BCUT2D eigenvalue weighted by Gasteiger charge is -2.30. The largest absolute Gasteiger partial charge is 0.376 e. The number of carbonyl (C=O) groups excluding carboxylic acids is 3. The summed E-state index contributed by atoms with van der Waals surface area (Å²) in [5.41, 5.74) is 7.05. The molecule has 1 aromatic carbocycles. The SMILES string of the molecule is NC1CCCN(C(=O)c2ccc3c(c2)C(=O)N(CC2CCCO2)C3=O)C1. The maximum atomic E-state index is 12.7. The summed E-state index contributed by atoms with van der Waals surface area (Å²) in [5, 5.41) is 0. The molecule has 1 aromatic rings. The Kier molecular flexibility index (Phi) is 4.50. The third-order valence-corrected chi connectivity index (χ3v) is 5.37. The molecule has 4 rings (SSSR count). The molecular weight excluding hydrogens is 334 g/mol. The summed E-state index contributed by atoms with van der Waals surface area (Å²) in [6, 6.07) is 4.75. The molecule has 3 heterocycles. The Morgan fingerprint density at radius 2 is 1.96 bits per heavy atom. The zero-order chi connectivity index (χ0) is 18.3. The van der Waals surface area contributed by atoms with Crippen LogP contribution >= 0.6 is 0 Å². The molecule has 2 atom stereocenters. The van der Waals surface area contributed by atoms with Crippen LogP contribution in [-0.4, -0.2) is 65.9 Å². The molecule has 0 aliphatic carbocycles. The fourth-order valence-electron chi connectivity index (χ4n) is 3.96. The summed E-state index contributed by atoms with van der Waals surface area (Å²) in [5.74, 6) is -0.786. The topological polar surface area (TPSA) is 92.9 Å². The van der Waals surface area contributed by atoms with E-state index in [0.29, 0.717) is 36.4 Å². The second kappa shape index (κ2) is 6.81. The Morgan fingerprint density at radius 1 is 1.15 bits per heavy atom. The lowest BCUT2D eigenvalue weighted by molar-refractivity contribution is 0.0475. The summed E-state index contributed by atoms with van der Waals surface area (Å²) in [6.45, 7) is 2.14. The molecule has 7 nitrogen and oxygen atoms in total. The van der Waals surface area contributed by atoms with Crippen LogP contribution in [-0.2, 0) is 4.74 Å². The fraction of sp³-hybridized carbons (Fsp3) is 0.526. The summed E-state index contributed by atoms with van der Waals surface area (Å²) < 4.78 is 5.54. The van der Waals surface area contributed by atoms with E-state index in [1.54, 1.807) is 23.1 Å². The van der Waals surface area contributed by atoms with Crippen molar-refractivity contribution in [3.8, 4) is 0 Å². The van der Waals surface area contributed by atoms with Crippen LogP contribution in [0.5, 0.6) is 0 Å². The van der Waals surface area contributed by atoms with Crippen molar-refractivity contribution < 1.29 is 19.1 Å². The Morgan fingerprint density at radius 3 is 2.69 bits per heavy atom.